The second kappa shape index (κ2) is 5.09. The first-order chi connectivity index (χ1) is 7.81. The molecule has 8 heteroatoms. The van der Waals surface area contributed by atoms with Crippen LogP contribution in [0, 0.1) is 15.9 Å². The van der Waals surface area contributed by atoms with Crippen molar-refractivity contribution < 1.29 is 27.2 Å². The fourth-order valence-corrected chi connectivity index (χ4v) is 1.10. The summed E-state index contributed by atoms with van der Waals surface area (Å²) in [6.45, 7) is -2.21. The van der Waals surface area contributed by atoms with Crippen molar-refractivity contribution in [2.75, 3.05) is 6.61 Å². The van der Waals surface area contributed by atoms with Crippen LogP contribution in [0.25, 0.3) is 0 Å². The first kappa shape index (κ1) is 13.4. The van der Waals surface area contributed by atoms with Crippen molar-refractivity contribution in [3.63, 3.8) is 0 Å². The first-order valence-corrected chi connectivity index (χ1v) is 4.37. The summed E-state index contributed by atoms with van der Waals surface area (Å²) >= 11 is 0. The Morgan fingerprint density at radius 2 is 2.00 bits per heavy atom. The molecule has 94 valence electrons. The Bertz CT molecular complexity index is 419. The molecule has 0 aliphatic carbocycles. The zero-order valence-electron chi connectivity index (χ0n) is 8.33. The fourth-order valence-electron chi connectivity index (χ4n) is 1.10. The van der Waals surface area contributed by atoms with Crippen LogP contribution in [0.5, 0.6) is 0 Å². The van der Waals surface area contributed by atoms with Crippen LogP contribution in [-0.2, 0) is 11.3 Å². The molecule has 1 aromatic carbocycles. The topological polar surface area (TPSA) is 52.4 Å². The van der Waals surface area contributed by atoms with E-state index in [0.29, 0.717) is 0 Å². The number of halogens is 4. The third kappa shape index (κ3) is 3.99. The molecule has 0 aliphatic rings. The molecule has 0 N–H and O–H groups in total. The van der Waals surface area contributed by atoms with Crippen LogP contribution in [-0.4, -0.2) is 17.7 Å². The Morgan fingerprint density at radius 1 is 1.35 bits per heavy atom. The SMILES string of the molecule is O=[N+]([O-])c1cccc(COCC(F)(F)F)c1F. The zero-order chi connectivity index (χ0) is 13.1. The molecule has 0 amide bonds. The predicted octanol–water partition coefficient (Wildman–Crippen LogP) is 2.81. The summed E-state index contributed by atoms with van der Waals surface area (Å²) in [5, 5.41) is 10.4. The Balaban J connectivity index is 2.72. The lowest BCUT2D eigenvalue weighted by atomic mass is 10.2. The van der Waals surface area contributed by atoms with Gasteiger partial charge in [-0.1, -0.05) is 12.1 Å². The van der Waals surface area contributed by atoms with Gasteiger partial charge in [-0.3, -0.25) is 10.1 Å². The average molecular weight is 253 g/mol. The van der Waals surface area contributed by atoms with Crippen LogP contribution < -0.4 is 0 Å². The number of ether oxygens (including phenoxy) is 1. The summed E-state index contributed by atoms with van der Waals surface area (Å²) in [6.07, 6.45) is -4.52. The highest BCUT2D eigenvalue weighted by Gasteiger charge is 2.27. The van der Waals surface area contributed by atoms with Gasteiger partial charge in [-0.15, -0.1) is 0 Å². The van der Waals surface area contributed by atoms with E-state index in [0.717, 1.165) is 12.1 Å². The summed E-state index contributed by atoms with van der Waals surface area (Å²) in [6, 6.07) is 3.22. The van der Waals surface area contributed by atoms with Gasteiger partial charge in [-0.2, -0.15) is 17.6 Å². The molecule has 17 heavy (non-hydrogen) atoms. The molecule has 0 heterocycles. The molecular formula is C9H7F4NO3. The molecule has 0 saturated heterocycles. The van der Waals surface area contributed by atoms with Gasteiger partial charge in [0.1, 0.15) is 6.61 Å². The second-order valence-corrected chi connectivity index (χ2v) is 3.12. The largest absolute Gasteiger partial charge is 0.411 e. The minimum absolute atomic E-state index is 0.288. The smallest absolute Gasteiger partial charge is 0.367 e. The quantitative estimate of drug-likeness (QED) is 0.471. The van der Waals surface area contributed by atoms with E-state index in [-0.39, 0.29) is 5.56 Å². The monoisotopic (exact) mass is 253 g/mol. The highest BCUT2D eigenvalue weighted by atomic mass is 19.4. The molecule has 0 bridgehead atoms. The summed E-state index contributed by atoms with van der Waals surface area (Å²) in [7, 11) is 0. The number of hydrogen-bond donors (Lipinski definition) is 0. The van der Waals surface area contributed by atoms with Crippen LogP contribution in [0.15, 0.2) is 18.2 Å². The van der Waals surface area contributed by atoms with E-state index >= 15 is 0 Å². The molecule has 1 rings (SSSR count). The van der Waals surface area contributed by atoms with Crippen LogP contribution in [0.4, 0.5) is 23.2 Å². The minimum atomic E-state index is -4.52. The normalized spacial score (nSPS) is 11.5. The molecular weight excluding hydrogens is 246 g/mol. The van der Waals surface area contributed by atoms with E-state index < -0.39 is 35.8 Å². The van der Waals surface area contributed by atoms with Crippen molar-refractivity contribution in [2.24, 2.45) is 0 Å². The molecule has 0 unspecified atom stereocenters. The summed E-state index contributed by atoms with van der Waals surface area (Å²) in [5.74, 6) is -1.18. The molecule has 0 aromatic heterocycles. The van der Waals surface area contributed by atoms with Gasteiger partial charge in [0.15, 0.2) is 0 Å². The van der Waals surface area contributed by atoms with E-state index in [4.69, 9.17) is 0 Å². The summed E-state index contributed by atoms with van der Waals surface area (Å²) in [5.41, 5.74) is -1.08. The number of nitro groups is 1. The maximum Gasteiger partial charge on any atom is 0.411 e. The Morgan fingerprint density at radius 3 is 2.53 bits per heavy atom. The molecule has 1 aromatic rings. The van der Waals surface area contributed by atoms with Gasteiger partial charge in [0.25, 0.3) is 0 Å². The van der Waals surface area contributed by atoms with Gasteiger partial charge >= 0.3 is 11.9 Å². The lowest BCUT2D eigenvalue weighted by molar-refractivity contribution is -0.387. The number of hydrogen-bond acceptors (Lipinski definition) is 3. The highest BCUT2D eigenvalue weighted by Crippen LogP contribution is 2.22. The summed E-state index contributed by atoms with van der Waals surface area (Å²) < 4.78 is 52.8. The second-order valence-electron chi connectivity index (χ2n) is 3.12. The zero-order valence-corrected chi connectivity index (χ0v) is 8.33. The van der Waals surface area contributed by atoms with E-state index in [2.05, 4.69) is 4.74 Å². The molecule has 4 nitrogen and oxygen atoms in total. The number of nitrogens with zero attached hydrogens (tertiary/aromatic N) is 1. The molecule has 0 saturated carbocycles. The van der Waals surface area contributed by atoms with Crippen molar-refractivity contribution in [3.05, 3.63) is 39.7 Å². The Hall–Kier alpha value is -1.70. The predicted molar refractivity (Wildman–Crippen MR) is 48.8 cm³/mol. The third-order valence-corrected chi connectivity index (χ3v) is 1.78. The van der Waals surface area contributed by atoms with E-state index in [1.165, 1.54) is 6.07 Å². The maximum absolute atomic E-state index is 13.3. The van der Waals surface area contributed by atoms with E-state index in [1.54, 1.807) is 0 Å². The van der Waals surface area contributed by atoms with Crippen LogP contribution in [0.3, 0.4) is 0 Å². The highest BCUT2D eigenvalue weighted by molar-refractivity contribution is 5.36. The first-order valence-electron chi connectivity index (χ1n) is 4.37. The molecule has 0 spiro atoms. The van der Waals surface area contributed by atoms with Gasteiger partial charge in [-0.25, -0.2) is 0 Å². The average Bonchev–Trinajstić information content (AvgIpc) is 2.18. The maximum atomic E-state index is 13.3. The number of benzene rings is 1. The van der Waals surface area contributed by atoms with Gasteiger partial charge in [0, 0.05) is 11.6 Å². The van der Waals surface area contributed by atoms with Crippen molar-refractivity contribution >= 4 is 5.69 Å². The molecule has 0 radical (unpaired) electrons. The van der Waals surface area contributed by atoms with E-state index in [9.17, 15) is 27.7 Å². The van der Waals surface area contributed by atoms with Gasteiger partial charge in [0.05, 0.1) is 11.5 Å². The van der Waals surface area contributed by atoms with Crippen LogP contribution >= 0.6 is 0 Å². The van der Waals surface area contributed by atoms with Crippen LogP contribution in [0.1, 0.15) is 5.56 Å². The number of nitro benzene ring substituents is 1. The lowest BCUT2D eigenvalue weighted by Gasteiger charge is -2.08. The molecule has 0 aliphatic heterocycles. The third-order valence-electron chi connectivity index (χ3n) is 1.78. The minimum Gasteiger partial charge on any atom is -0.367 e. The van der Waals surface area contributed by atoms with Crippen molar-refractivity contribution in [1.82, 2.24) is 0 Å². The number of rotatable bonds is 4. The van der Waals surface area contributed by atoms with Crippen LogP contribution in [0.2, 0.25) is 0 Å². The lowest BCUT2D eigenvalue weighted by Crippen LogP contribution is -2.17. The van der Waals surface area contributed by atoms with Gasteiger partial charge in [-0.05, 0) is 0 Å². The van der Waals surface area contributed by atoms with Crippen molar-refractivity contribution in [2.45, 2.75) is 12.8 Å². The van der Waals surface area contributed by atoms with E-state index in [1.807, 2.05) is 0 Å². The van der Waals surface area contributed by atoms with Gasteiger partial charge in [0.2, 0.25) is 5.82 Å². The molecule has 0 fully saturated rings. The Kier molecular flexibility index (Phi) is 4.00. The standard InChI is InChI=1S/C9H7F4NO3/c10-8-6(4-17-5-9(11,12)13)2-1-3-7(8)14(15)16/h1-3H,4-5H2. The summed E-state index contributed by atoms with van der Waals surface area (Å²) in [4.78, 5) is 9.40. The fraction of sp³-hybridized carbons (Fsp3) is 0.333. The van der Waals surface area contributed by atoms with Crippen molar-refractivity contribution in [1.29, 1.82) is 0 Å². The number of alkyl halides is 3. The molecule has 0 atom stereocenters. The van der Waals surface area contributed by atoms with Gasteiger partial charge < -0.3 is 4.74 Å². The Labute approximate surface area is 93.0 Å². The van der Waals surface area contributed by atoms with Crippen molar-refractivity contribution in [3.8, 4) is 0 Å².